The second kappa shape index (κ2) is 9.22. The molecular weight excluding hydrogens is 460 g/mol. The van der Waals surface area contributed by atoms with E-state index in [0.717, 1.165) is 9.48 Å². The highest BCUT2D eigenvalue weighted by atomic mass is 16.5. The van der Waals surface area contributed by atoms with E-state index in [1.54, 1.807) is 36.4 Å². The maximum Gasteiger partial charge on any atom is 0.451 e. The van der Waals surface area contributed by atoms with Crippen LogP contribution < -0.4 is 10.5 Å². The lowest BCUT2D eigenvalue weighted by molar-refractivity contribution is -0.342. The first kappa shape index (κ1) is 26.6. The normalized spacial score (nSPS) is 16.1. The molecule has 1 aliphatic heterocycles. The van der Waals surface area contributed by atoms with Crippen LogP contribution in [-0.2, 0) is 15.6 Å². The fourth-order valence-electron chi connectivity index (χ4n) is 3.87. The van der Waals surface area contributed by atoms with E-state index in [1.807, 2.05) is 41.5 Å². The van der Waals surface area contributed by atoms with Gasteiger partial charge in [0.05, 0.1) is 14.2 Å². The second-order valence-corrected chi connectivity index (χ2v) is 10.8. The van der Waals surface area contributed by atoms with Crippen molar-refractivity contribution in [2.45, 2.75) is 52.4 Å². The third-order valence-electron chi connectivity index (χ3n) is 5.99. The van der Waals surface area contributed by atoms with E-state index in [9.17, 15) is 19.5 Å². The van der Waals surface area contributed by atoms with E-state index in [0.29, 0.717) is 22.6 Å². The van der Waals surface area contributed by atoms with Crippen molar-refractivity contribution in [3.63, 3.8) is 0 Å². The molecule has 0 spiro atoms. The Morgan fingerprint density at radius 1 is 1.00 bits per heavy atom. The van der Waals surface area contributed by atoms with E-state index in [-0.39, 0.29) is 22.9 Å². The Kier molecular flexibility index (Phi) is 6.81. The number of hydrogen-bond donors (Lipinski definition) is 2. The Bertz CT molecular complexity index is 1270. The SMILES string of the molecule is COc1ccc([N+]2=C(N)C(=NC(=O)c3cc(C(C)(C)C)c(O)c(C(C)(C)C)c3)C(=O)N(C)C2=O)cc1. The number of phenols is 1. The first-order valence-electron chi connectivity index (χ1n) is 11.5. The molecule has 190 valence electrons. The van der Waals surface area contributed by atoms with Crippen LogP contribution in [0, 0.1) is 0 Å². The molecule has 1 heterocycles. The maximum atomic E-state index is 13.4. The summed E-state index contributed by atoms with van der Waals surface area (Å²) in [5.41, 5.74) is 6.71. The summed E-state index contributed by atoms with van der Waals surface area (Å²) in [6.45, 7) is 11.6. The van der Waals surface area contributed by atoms with Gasteiger partial charge in [0.1, 0.15) is 17.2 Å². The summed E-state index contributed by atoms with van der Waals surface area (Å²) in [6.07, 6.45) is 0. The Morgan fingerprint density at radius 2 is 1.50 bits per heavy atom. The molecule has 2 aromatic carbocycles. The maximum absolute atomic E-state index is 13.4. The minimum absolute atomic E-state index is 0.120. The molecular formula is C27H33N4O5+. The predicted octanol–water partition coefficient (Wildman–Crippen LogP) is 3.87. The molecule has 2 aromatic rings. The monoisotopic (exact) mass is 493 g/mol. The van der Waals surface area contributed by atoms with Crippen molar-refractivity contribution < 1.29 is 28.8 Å². The van der Waals surface area contributed by atoms with Gasteiger partial charge in [-0.2, -0.15) is 14.5 Å². The number of rotatable bonds is 3. The van der Waals surface area contributed by atoms with Gasteiger partial charge in [0.25, 0.3) is 11.7 Å². The van der Waals surface area contributed by atoms with Gasteiger partial charge in [-0.15, -0.1) is 0 Å². The zero-order valence-corrected chi connectivity index (χ0v) is 22.0. The van der Waals surface area contributed by atoms with Crippen LogP contribution in [0.25, 0.3) is 0 Å². The smallest absolute Gasteiger partial charge is 0.451 e. The zero-order chi connectivity index (χ0) is 27.2. The fourth-order valence-corrected chi connectivity index (χ4v) is 3.87. The molecule has 4 amide bonds. The molecule has 9 nitrogen and oxygen atoms in total. The van der Waals surface area contributed by atoms with Crippen molar-refractivity contribution in [2.24, 2.45) is 10.7 Å². The summed E-state index contributed by atoms with van der Waals surface area (Å²) in [4.78, 5) is 44.1. The van der Waals surface area contributed by atoms with Crippen molar-refractivity contribution in [1.29, 1.82) is 0 Å². The molecule has 9 heteroatoms. The molecule has 0 aliphatic carbocycles. The number of aliphatic imine (C=N–C) groups is 1. The van der Waals surface area contributed by atoms with Crippen molar-refractivity contribution in [3.8, 4) is 11.5 Å². The number of carbonyl (C=O) groups is 3. The minimum Gasteiger partial charge on any atom is -0.507 e. The van der Waals surface area contributed by atoms with E-state index in [4.69, 9.17) is 10.5 Å². The molecule has 36 heavy (non-hydrogen) atoms. The number of amidine groups is 1. The lowest BCUT2D eigenvalue weighted by Crippen LogP contribution is -2.55. The Morgan fingerprint density at radius 3 is 1.94 bits per heavy atom. The molecule has 0 radical (unpaired) electrons. The summed E-state index contributed by atoms with van der Waals surface area (Å²) >= 11 is 0. The molecule has 0 aromatic heterocycles. The minimum atomic E-state index is -0.790. The van der Waals surface area contributed by atoms with Gasteiger partial charge < -0.3 is 15.6 Å². The average Bonchev–Trinajstić information content (AvgIpc) is 2.79. The number of imide groups is 1. The Hall–Kier alpha value is -4.01. The molecule has 1 aliphatic rings. The van der Waals surface area contributed by atoms with Gasteiger partial charge in [-0.3, -0.25) is 4.79 Å². The predicted molar refractivity (Wildman–Crippen MR) is 138 cm³/mol. The van der Waals surface area contributed by atoms with Gasteiger partial charge in [0, 0.05) is 16.7 Å². The van der Waals surface area contributed by atoms with Crippen molar-refractivity contribution >= 4 is 35.1 Å². The van der Waals surface area contributed by atoms with Gasteiger partial charge in [-0.1, -0.05) is 41.5 Å². The summed E-state index contributed by atoms with van der Waals surface area (Å²) < 4.78 is 6.27. The van der Waals surface area contributed by atoms with Gasteiger partial charge >= 0.3 is 11.9 Å². The summed E-state index contributed by atoms with van der Waals surface area (Å²) in [7, 11) is 2.81. The van der Waals surface area contributed by atoms with Crippen LogP contribution in [0.1, 0.15) is 63.0 Å². The number of ether oxygens (including phenoxy) is 1. The first-order chi connectivity index (χ1) is 16.6. The highest BCUT2D eigenvalue weighted by Crippen LogP contribution is 2.40. The number of phenolic OH excluding ortho intramolecular Hbond substituents is 1. The zero-order valence-electron chi connectivity index (χ0n) is 22.0. The van der Waals surface area contributed by atoms with E-state index in [1.165, 1.54) is 14.2 Å². The molecule has 0 bridgehead atoms. The van der Waals surface area contributed by atoms with Crippen molar-refractivity contribution in [1.82, 2.24) is 4.90 Å². The van der Waals surface area contributed by atoms with Crippen molar-refractivity contribution in [2.75, 3.05) is 14.2 Å². The van der Waals surface area contributed by atoms with Gasteiger partial charge in [-0.25, -0.2) is 9.59 Å². The molecule has 0 saturated heterocycles. The molecule has 3 N–H and O–H groups in total. The van der Waals surface area contributed by atoms with Gasteiger partial charge in [0.15, 0.2) is 0 Å². The lowest BCUT2D eigenvalue weighted by atomic mass is 9.78. The Labute approximate surface area is 210 Å². The van der Waals surface area contributed by atoms with Crippen LogP contribution in [0.15, 0.2) is 41.4 Å². The van der Waals surface area contributed by atoms with E-state index < -0.39 is 28.7 Å². The number of amides is 4. The first-order valence-corrected chi connectivity index (χ1v) is 11.5. The number of hydrogen-bond acceptors (Lipinski definition) is 6. The number of benzene rings is 2. The van der Waals surface area contributed by atoms with E-state index >= 15 is 0 Å². The molecule has 0 unspecified atom stereocenters. The van der Waals surface area contributed by atoms with E-state index in [2.05, 4.69) is 4.99 Å². The number of methoxy groups -OCH3 is 1. The largest absolute Gasteiger partial charge is 0.507 e. The molecule has 3 rings (SSSR count). The topological polar surface area (TPSA) is 125 Å². The molecule has 0 fully saturated rings. The number of aromatic hydroxyl groups is 1. The summed E-state index contributed by atoms with van der Waals surface area (Å²) in [5, 5.41) is 10.9. The fraction of sp³-hybridized carbons (Fsp3) is 0.370. The van der Waals surface area contributed by atoms with Crippen LogP contribution >= 0.6 is 0 Å². The third kappa shape index (κ3) is 4.86. The molecule has 0 saturated carbocycles. The number of carbonyl (C=O) groups excluding carboxylic acids is 3. The lowest BCUT2D eigenvalue weighted by Gasteiger charge is -2.27. The highest BCUT2D eigenvalue weighted by Gasteiger charge is 2.42. The van der Waals surface area contributed by atoms with Gasteiger partial charge in [0.2, 0.25) is 5.71 Å². The number of urea groups is 1. The summed E-state index contributed by atoms with van der Waals surface area (Å²) in [6, 6.07) is 8.99. The standard InChI is InChI=1S/C27H32N4O5/c1-26(2,3)18-13-15(14-19(21(18)32)27(4,5)6)23(33)29-20-22(28)31(25(35)30(7)24(20)34)16-9-11-17(36-8)12-10-16/h9-14,28H,1-8H3,(H,32,33)/p+1. The van der Waals surface area contributed by atoms with Crippen LogP contribution in [0.3, 0.4) is 0 Å². The molecule has 0 atom stereocenters. The highest BCUT2D eigenvalue weighted by molar-refractivity contribution is 6.68. The Balaban J connectivity index is 2.20. The van der Waals surface area contributed by atoms with Crippen LogP contribution in [0.2, 0.25) is 0 Å². The second-order valence-electron chi connectivity index (χ2n) is 10.8. The number of nitrogens with two attached hydrogens (primary N) is 1. The van der Waals surface area contributed by atoms with Crippen molar-refractivity contribution in [3.05, 3.63) is 53.1 Å². The third-order valence-corrected chi connectivity index (χ3v) is 5.99. The average molecular weight is 494 g/mol. The quantitative estimate of drug-likeness (QED) is 0.625. The summed E-state index contributed by atoms with van der Waals surface area (Å²) in [5.74, 6) is -1.06. The number of nitrogens with zero attached hydrogens (tertiary/aromatic N) is 3. The van der Waals surface area contributed by atoms with Gasteiger partial charge in [-0.05, 0) is 47.2 Å². The van der Waals surface area contributed by atoms with Crippen LogP contribution in [0.5, 0.6) is 11.5 Å². The van der Waals surface area contributed by atoms with Crippen LogP contribution in [0.4, 0.5) is 10.5 Å². The van der Waals surface area contributed by atoms with Crippen LogP contribution in [-0.4, -0.2) is 58.1 Å².